The summed E-state index contributed by atoms with van der Waals surface area (Å²) in [5.41, 5.74) is 2.16. The van der Waals surface area contributed by atoms with Crippen molar-refractivity contribution < 1.29 is 0 Å². The van der Waals surface area contributed by atoms with Crippen LogP contribution >= 0.6 is 15.9 Å². The van der Waals surface area contributed by atoms with Gasteiger partial charge in [-0.1, -0.05) is 17.7 Å². The standard InChI is InChI=1S/C8H7BrN4/c1-6-2-4-7(5-3-6)13-8(9)10-11-12-13/h2-5H,1H3. The normalized spacial score (nSPS) is 10.3. The fraction of sp³-hybridized carbons (Fsp3) is 0.125. The molecule has 0 aliphatic heterocycles. The van der Waals surface area contributed by atoms with E-state index in [1.165, 1.54) is 5.56 Å². The van der Waals surface area contributed by atoms with Crippen molar-refractivity contribution >= 4 is 15.9 Å². The van der Waals surface area contributed by atoms with E-state index < -0.39 is 0 Å². The van der Waals surface area contributed by atoms with Crippen LogP contribution in [0.25, 0.3) is 5.69 Å². The molecule has 0 atom stereocenters. The van der Waals surface area contributed by atoms with Crippen LogP contribution in [0.5, 0.6) is 0 Å². The van der Waals surface area contributed by atoms with E-state index >= 15 is 0 Å². The van der Waals surface area contributed by atoms with Crippen LogP contribution in [-0.4, -0.2) is 20.2 Å². The van der Waals surface area contributed by atoms with Crippen LogP contribution in [0.1, 0.15) is 5.56 Å². The molecule has 4 nitrogen and oxygen atoms in total. The van der Waals surface area contributed by atoms with Gasteiger partial charge < -0.3 is 0 Å². The second kappa shape index (κ2) is 3.26. The molecule has 0 unspecified atom stereocenters. The molecule has 1 aromatic carbocycles. The summed E-state index contributed by atoms with van der Waals surface area (Å²) in [6, 6.07) is 7.97. The molecule has 0 amide bonds. The minimum Gasteiger partial charge on any atom is -0.187 e. The molecule has 66 valence electrons. The van der Waals surface area contributed by atoms with Gasteiger partial charge in [-0.15, -0.1) is 5.10 Å². The van der Waals surface area contributed by atoms with Gasteiger partial charge in [0, 0.05) is 0 Å². The third-order valence-corrected chi connectivity index (χ3v) is 2.20. The lowest BCUT2D eigenvalue weighted by molar-refractivity contribution is 0.783. The third kappa shape index (κ3) is 1.60. The Morgan fingerprint density at radius 3 is 2.46 bits per heavy atom. The van der Waals surface area contributed by atoms with E-state index in [-0.39, 0.29) is 0 Å². The van der Waals surface area contributed by atoms with Gasteiger partial charge in [0.15, 0.2) is 0 Å². The molecule has 1 heterocycles. The van der Waals surface area contributed by atoms with Gasteiger partial charge in [0.05, 0.1) is 5.69 Å². The van der Waals surface area contributed by atoms with Gasteiger partial charge in [0.1, 0.15) is 0 Å². The summed E-state index contributed by atoms with van der Waals surface area (Å²) in [5, 5.41) is 11.1. The van der Waals surface area contributed by atoms with Crippen LogP contribution in [0.15, 0.2) is 29.0 Å². The molecule has 0 aliphatic rings. The zero-order valence-electron chi connectivity index (χ0n) is 6.98. The molecule has 0 radical (unpaired) electrons. The first kappa shape index (κ1) is 8.37. The number of nitrogens with zero attached hydrogens (tertiary/aromatic N) is 4. The van der Waals surface area contributed by atoms with E-state index in [2.05, 4.69) is 31.5 Å². The first-order valence-corrected chi connectivity index (χ1v) is 4.57. The largest absolute Gasteiger partial charge is 0.222 e. The van der Waals surface area contributed by atoms with E-state index in [4.69, 9.17) is 0 Å². The van der Waals surface area contributed by atoms with E-state index in [1.54, 1.807) is 4.68 Å². The summed E-state index contributed by atoms with van der Waals surface area (Å²) >= 11 is 3.25. The monoisotopic (exact) mass is 238 g/mol. The lowest BCUT2D eigenvalue weighted by Crippen LogP contribution is -1.96. The fourth-order valence-electron chi connectivity index (χ4n) is 1.02. The van der Waals surface area contributed by atoms with Crippen LogP contribution in [0.4, 0.5) is 0 Å². The Labute approximate surface area is 83.7 Å². The maximum Gasteiger partial charge on any atom is 0.222 e. The van der Waals surface area contributed by atoms with Gasteiger partial charge in [0.2, 0.25) is 4.73 Å². The first-order valence-electron chi connectivity index (χ1n) is 3.78. The summed E-state index contributed by atoms with van der Waals surface area (Å²) < 4.78 is 2.23. The SMILES string of the molecule is Cc1ccc(-n2nnnc2Br)cc1. The summed E-state index contributed by atoms with van der Waals surface area (Å²) in [6.07, 6.45) is 0. The molecule has 2 rings (SSSR count). The molecule has 0 saturated carbocycles. The Kier molecular flexibility index (Phi) is 2.10. The zero-order valence-corrected chi connectivity index (χ0v) is 8.56. The molecule has 1 aromatic heterocycles. The van der Waals surface area contributed by atoms with Crippen LogP contribution in [0, 0.1) is 6.92 Å². The Balaban J connectivity index is 2.47. The van der Waals surface area contributed by atoms with Crippen molar-refractivity contribution in [2.24, 2.45) is 0 Å². The molecule has 0 fully saturated rings. The average molecular weight is 239 g/mol. The second-order valence-corrected chi connectivity index (χ2v) is 3.40. The molecule has 0 N–H and O–H groups in total. The van der Waals surface area contributed by atoms with Gasteiger partial charge in [-0.05, 0) is 45.4 Å². The molecule has 0 aliphatic carbocycles. The van der Waals surface area contributed by atoms with Crippen molar-refractivity contribution in [1.29, 1.82) is 0 Å². The molecule has 5 heteroatoms. The Bertz CT molecular complexity index is 406. The smallest absolute Gasteiger partial charge is 0.187 e. The summed E-state index contributed by atoms with van der Waals surface area (Å²) in [7, 11) is 0. The highest BCUT2D eigenvalue weighted by Crippen LogP contribution is 2.12. The van der Waals surface area contributed by atoms with Crippen molar-refractivity contribution in [2.45, 2.75) is 6.92 Å². The van der Waals surface area contributed by atoms with E-state index in [0.717, 1.165) is 5.69 Å². The zero-order chi connectivity index (χ0) is 9.26. The van der Waals surface area contributed by atoms with Gasteiger partial charge in [-0.2, -0.15) is 4.68 Å². The maximum atomic E-state index is 3.82. The van der Waals surface area contributed by atoms with Crippen LogP contribution in [0.3, 0.4) is 0 Å². The number of tetrazole rings is 1. The highest BCUT2D eigenvalue weighted by atomic mass is 79.9. The lowest BCUT2D eigenvalue weighted by Gasteiger charge is -1.99. The summed E-state index contributed by atoms with van der Waals surface area (Å²) in [5.74, 6) is 0. The topological polar surface area (TPSA) is 43.6 Å². The number of halogens is 1. The van der Waals surface area contributed by atoms with Crippen molar-refractivity contribution in [1.82, 2.24) is 20.2 Å². The lowest BCUT2D eigenvalue weighted by atomic mass is 10.2. The van der Waals surface area contributed by atoms with Crippen LogP contribution in [0.2, 0.25) is 0 Å². The van der Waals surface area contributed by atoms with E-state index in [9.17, 15) is 0 Å². The molecule has 0 saturated heterocycles. The molecule has 0 bridgehead atoms. The quantitative estimate of drug-likeness (QED) is 0.761. The van der Waals surface area contributed by atoms with Gasteiger partial charge in [-0.3, -0.25) is 0 Å². The predicted octanol–water partition coefficient (Wildman–Crippen LogP) is 1.73. The highest BCUT2D eigenvalue weighted by Gasteiger charge is 2.02. The van der Waals surface area contributed by atoms with Gasteiger partial charge >= 0.3 is 0 Å². The minimum absolute atomic E-state index is 0.608. The fourth-order valence-corrected chi connectivity index (χ4v) is 1.37. The Hall–Kier alpha value is -1.23. The van der Waals surface area contributed by atoms with Crippen LogP contribution in [-0.2, 0) is 0 Å². The van der Waals surface area contributed by atoms with E-state index in [1.807, 2.05) is 31.2 Å². The highest BCUT2D eigenvalue weighted by molar-refractivity contribution is 9.10. The maximum absolute atomic E-state index is 3.82. The number of benzene rings is 1. The summed E-state index contributed by atoms with van der Waals surface area (Å²) in [4.78, 5) is 0. The first-order chi connectivity index (χ1) is 6.27. The molecule has 13 heavy (non-hydrogen) atoms. The number of hydrogen-bond donors (Lipinski definition) is 0. The second-order valence-electron chi connectivity index (χ2n) is 2.70. The van der Waals surface area contributed by atoms with Crippen molar-refractivity contribution in [3.8, 4) is 5.69 Å². The average Bonchev–Trinajstić information content (AvgIpc) is 2.53. The Morgan fingerprint density at radius 1 is 1.23 bits per heavy atom. The van der Waals surface area contributed by atoms with Crippen molar-refractivity contribution in [2.75, 3.05) is 0 Å². The van der Waals surface area contributed by atoms with Crippen molar-refractivity contribution in [3.63, 3.8) is 0 Å². The number of hydrogen-bond acceptors (Lipinski definition) is 3. The van der Waals surface area contributed by atoms with Gasteiger partial charge in [-0.25, -0.2) is 0 Å². The van der Waals surface area contributed by atoms with Crippen LogP contribution < -0.4 is 0 Å². The van der Waals surface area contributed by atoms with Crippen molar-refractivity contribution in [3.05, 3.63) is 34.6 Å². The molecular formula is C8H7BrN4. The number of rotatable bonds is 1. The molecule has 2 aromatic rings. The molecule has 0 spiro atoms. The third-order valence-electron chi connectivity index (χ3n) is 1.71. The summed E-state index contributed by atoms with van der Waals surface area (Å²) in [6.45, 7) is 2.04. The van der Waals surface area contributed by atoms with Gasteiger partial charge in [0.25, 0.3) is 0 Å². The number of aryl methyl sites for hydroxylation is 1. The number of aromatic nitrogens is 4. The minimum atomic E-state index is 0.608. The predicted molar refractivity (Wildman–Crippen MR) is 51.6 cm³/mol. The Morgan fingerprint density at radius 2 is 1.92 bits per heavy atom. The molecular weight excluding hydrogens is 232 g/mol. The van der Waals surface area contributed by atoms with E-state index in [0.29, 0.717) is 4.73 Å².